The first kappa shape index (κ1) is 16.7. The van der Waals surface area contributed by atoms with Gasteiger partial charge in [0, 0.05) is 27.7 Å². The van der Waals surface area contributed by atoms with Crippen molar-refractivity contribution in [3.63, 3.8) is 0 Å². The first-order valence-electron chi connectivity index (χ1n) is 7.61. The molecule has 0 saturated carbocycles. The lowest BCUT2D eigenvalue weighted by Gasteiger charge is -2.30. The highest BCUT2D eigenvalue weighted by Crippen LogP contribution is 2.45. The Bertz CT molecular complexity index is 419. The van der Waals surface area contributed by atoms with Gasteiger partial charge in [-0.25, -0.2) is 4.98 Å². The van der Waals surface area contributed by atoms with Gasteiger partial charge in [-0.1, -0.05) is 27.7 Å². The Morgan fingerprint density at radius 1 is 1.25 bits per heavy atom. The zero-order valence-corrected chi connectivity index (χ0v) is 15.4. The molecule has 2 nitrogen and oxygen atoms in total. The highest BCUT2D eigenvalue weighted by Gasteiger charge is 2.29. The molecule has 1 aliphatic rings. The molecule has 5 heteroatoms. The van der Waals surface area contributed by atoms with Crippen LogP contribution < -0.4 is 5.32 Å². The number of thiazole rings is 1. The Balaban J connectivity index is 2.04. The predicted octanol–water partition coefficient (Wildman–Crippen LogP) is 4.50. The van der Waals surface area contributed by atoms with Crippen LogP contribution in [0, 0.1) is 0 Å². The van der Waals surface area contributed by atoms with Crippen molar-refractivity contribution in [1.82, 2.24) is 10.3 Å². The molecule has 2 rings (SSSR count). The maximum atomic E-state index is 4.93. The van der Waals surface area contributed by atoms with Gasteiger partial charge in [0.05, 0.1) is 10.9 Å². The van der Waals surface area contributed by atoms with Crippen LogP contribution in [0.4, 0.5) is 0 Å². The molecule has 1 aromatic rings. The van der Waals surface area contributed by atoms with Gasteiger partial charge in [-0.2, -0.15) is 11.8 Å². The van der Waals surface area contributed by atoms with E-state index in [2.05, 4.69) is 56.5 Å². The molecular weight excluding hydrogens is 304 g/mol. The molecule has 0 aliphatic carbocycles. The molecule has 1 N–H and O–H groups in total. The third kappa shape index (κ3) is 4.15. The van der Waals surface area contributed by atoms with E-state index in [4.69, 9.17) is 4.98 Å². The van der Waals surface area contributed by atoms with Gasteiger partial charge >= 0.3 is 0 Å². The molecule has 2 heterocycles. The van der Waals surface area contributed by atoms with Crippen LogP contribution in [0.5, 0.6) is 0 Å². The standard InChI is InChI=1S/C15H26N2S3/c1-5-7-16-8-13-12(6-2)17-15(20-13)14-9-18-10(3)11(4)19-14/h10-11,14,16H,5-9H2,1-4H3. The van der Waals surface area contributed by atoms with Crippen LogP contribution in [0.25, 0.3) is 0 Å². The van der Waals surface area contributed by atoms with Gasteiger partial charge < -0.3 is 5.32 Å². The fourth-order valence-corrected chi connectivity index (χ4v) is 6.56. The van der Waals surface area contributed by atoms with Gasteiger partial charge in [0.15, 0.2) is 0 Å². The van der Waals surface area contributed by atoms with Crippen LogP contribution in [0.15, 0.2) is 0 Å². The largest absolute Gasteiger partial charge is 0.312 e. The molecule has 0 radical (unpaired) electrons. The first-order valence-corrected chi connectivity index (χ1v) is 10.4. The van der Waals surface area contributed by atoms with Gasteiger partial charge in [-0.05, 0) is 19.4 Å². The lowest BCUT2D eigenvalue weighted by molar-refractivity contribution is 0.676. The summed E-state index contributed by atoms with van der Waals surface area (Å²) in [6, 6.07) is 0. The molecule has 1 aliphatic heterocycles. The number of nitrogens with one attached hydrogen (secondary N) is 1. The summed E-state index contributed by atoms with van der Waals surface area (Å²) in [5, 5.41) is 6.97. The third-order valence-electron chi connectivity index (χ3n) is 3.67. The Kier molecular flexibility index (Phi) is 6.72. The summed E-state index contributed by atoms with van der Waals surface area (Å²) >= 11 is 6.16. The molecule has 1 fully saturated rings. The van der Waals surface area contributed by atoms with Crippen LogP contribution in [0.3, 0.4) is 0 Å². The zero-order valence-electron chi connectivity index (χ0n) is 12.9. The van der Waals surface area contributed by atoms with E-state index in [-0.39, 0.29) is 0 Å². The molecule has 0 spiro atoms. The summed E-state index contributed by atoms with van der Waals surface area (Å²) in [4.78, 5) is 6.39. The van der Waals surface area contributed by atoms with Crippen molar-refractivity contribution < 1.29 is 0 Å². The molecule has 20 heavy (non-hydrogen) atoms. The lowest BCUT2D eigenvalue weighted by atomic mass is 10.3. The zero-order chi connectivity index (χ0) is 14.5. The predicted molar refractivity (Wildman–Crippen MR) is 95.2 cm³/mol. The monoisotopic (exact) mass is 330 g/mol. The highest BCUT2D eigenvalue weighted by atomic mass is 32.2. The number of hydrogen-bond acceptors (Lipinski definition) is 5. The second kappa shape index (κ2) is 8.06. The van der Waals surface area contributed by atoms with E-state index in [0.29, 0.717) is 5.25 Å². The minimum atomic E-state index is 0.599. The van der Waals surface area contributed by atoms with Crippen molar-refractivity contribution in [2.75, 3.05) is 12.3 Å². The van der Waals surface area contributed by atoms with E-state index in [1.807, 2.05) is 11.3 Å². The van der Waals surface area contributed by atoms with E-state index in [1.54, 1.807) is 0 Å². The van der Waals surface area contributed by atoms with Gasteiger partial charge in [-0.3, -0.25) is 0 Å². The van der Waals surface area contributed by atoms with Gasteiger partial charge in [0.2, 0.25) is 0 Å². The summed E-state index contributed by atoms with van der Waals surface area (Å²) in [5.41, 5.74) is 1.31. The minimum absolute atomic E-state index is 0.599. The smallest absolute Gasteiger partial charge is 0.107 e. The Hall–Kier alpha value is 0.290. The topological polar surface area (TPSA) is 24.9 Å². The Morgan fingerprint density at radius 3 is 2.70 bits per heavy atom. The summed E-state index contributed by atoms with van der Waals surface area (Å²) in [6.45, 7) is 11.2. The van der Waals surface area contributed by atoms with Gasteiger partial charge in [0.1, 0.15) is 5.01 Å². The summed E-state index contributed by atoms with van der Waals surface area (Å²) in [6.07, 6.45) is 2.24. The highest BCUT2D eigenvalue weighted by molar-refractivity contribution is 8.07. The van der Waals surface area contributed by atoms with Crippen molar-refractivity contribution in [3.05, 3.63) is 15.6 Å². The van der Waals surface area contributed by atoms with Gasteiger partial charge in [-0.15, -0.1) is 23.1 Å². The number of aryl methyl sites for hydroxylation is 1. The fraction of sp³-hybridized carbons (Fsp3) is 0.800. The van der Waals surface area contributed by atoms with Crippen molar-refractivity contribution in [2.45, 2.75) is 62.8 Å². The molecule has 0 aromatic carbocycles. The summed E-state index contributed by atoms with van der Waals surface area (Å²) in [5.74, 6) is 1.22. The van der Waals surface area contributed by atoms with E-state index in [0.717, 1.165) is 30.0 Å². The van der Waals surface area contributed by atoms with Gasteiger partial charge in [0.25, 0.3) is 0 Å². The fourth-order valence-electron chi connectivity index (χ4n) is 2.25. The second-order valence-corrected chi connectivity index (χ2v) is 9.43. The Morgan fingerprint density at radius 2 is 2.05 bits per heavy atom. The molecule has 3 unspecified atom stereocenters. The molecule has 3 atom stereocenters. The van der Waals surface area contributed by atoms with Crippen LogP contribution in [-0.4, -0.2) is 27.8 Å². The normalized spacial score (nSPS) is 26.9. The number of nitrogens with zero attached hydrogens (tertiary/aromatic N) is 1. The quantitative estimate of drug-likeness (QED) is 0.776. The van der Waals surface area contributed by atoms with Crippen LogP contribution in [-0.2, 0) is 13.0 Å². The number of rotatable bonds is 6. The molecule has 0 amide bonds. The SMILES string of the molecule is CCCNCc1sc(C2CSC(C)C(C)S2)nc1CC. The second-order valence-electron chi connectivity index (χ2n) is 5.32. The maximum Gasteiger partial charge on any atom is 0.107 e. The molecule has 0 bridgehead atoms. The minimum Gasteiger partial charge on any atom is -0.312 e. The maximum absolute atomic E-state index is 4.93. The number of hydrogen-bond donors (Lipinski definition) is 1. The van der Waals surface area contributed by atoms with E-state index in [1.165, 1.54) is 27.8 Å². The molecule has 1 aromatic heterocycles. The van der Waals surface area contributed by atoms with Crippen LogP contribution in [0.1, 0.15) is 54.9 Å². The van der Waals surface area contributed by atoms with Crippen LogP contribution >= 0.6 is 34.9 Å². The third-order valence-corrected chi connectivity index (χ3v) is 8.43. The number of aromatic nitrogens is 1. The van der Waals surface area contributed by atoms with E-state index >= 15 is 0 Å². The van der Waals surface area contributed by atoms with E-state index in [9.17, 15) is 0 Å². The van der Waals surface area contributed by atoms with Crippen molar-refractivity contribution in [2.24, 2.45) is 0 Å². The van der Waals surface area contributed by atoms with Crippen molar-refractivity contribution in [1.29, 1.82) is 0 Å². The average Bonchev–Trinajstić information content (AvgIpc) is 2.85. The van der Waals surface area contributed by atoms with Crippen molar-refractivity contribution in [3.8, 4) is 0 Å². The lowest BCUT2D eigenvalue weighted by Crippen LogP contribution is -2.21. The molecule has 1 saturated heterocycles. The molecule has 114 valence electrons. The average molecular weight is 331 g/mol. The van der Waals surface area contributed by atoms with Crippen molar-refractivity contribution >= 4 is 34.9 Å². The van der Waals surface area contributed by atoms with E-state index < -0.39 is 0 Å². The van der Waals surface area contributed by atoms with Crippen LogP contribution in [0.2, 0.25) is 0 Å². The summed E-state index contributed by atoms with van der Waals surface area (Å²) < 4.78 is 0. The Labute approximate surface area is 135 Å². The number of thioether (sulfide) groups is 2. The molecular formula is C15H26N2S3. The summed E-state index contributed by atoms with van der Waals surface area (Å²) in [7, 11) is 0. The first-order chi connectivity index (χ1) is 9.65.